The van der Waals surface area contributed by atoms with E-state index in [1.807, 2.05) is 27.7 Å². The van der Waals surface area contributed by atoms with Crippen molar-refractivity contribution in [2.75, 3.05) is 0 Å². The van der Waals surface area contributed by atoms with Gasteiger partial charge in [0.05, 0.1) is 0 Å². The number of nitrogens with one attached hydrogen (secondary N) is 1. The Balaban J connectivity index is 4.28. The number of aliphatic carboxylic acids is 1. The van der Waals surface area contributed by atoms with Crippen molar-refractivity contribution in [3.8, 4) is 0 Å². The summed E-state index contributed by atoms with van der Waals surface area (Å²) in [5.41, 5.74) is 0. The third-order valence-electron chi connectivity index (χ3n) is 2.61. The molecule has 0 bridgehead atoms. The average molecular weight is 215 g/mol. The van der Waals surface area contributed by atoms with Gasteiger partial charge in [-0.05, 0) is 12.3 Å². The summed E-state index contributed by atoms with van der Waals surface area (Å²) in [4.78, 5) is 22.4. The first kappa shape index (κ1) is 13.9. The molecule has 2 N–H and O–H groups in total. The van der Waals surface area contributed by atoms with Gasteiger partial charge >= 0.3 is 5.97 Å². The normalized spacial score (nSPS) is 14.7. The zero-order chi connectivity index (χ0) is 12.0. The summed E-state index contributed by atoms with van der Waals surface area (Å²) in [6.07, 6.45) is 1.22. The van der Waals surface area contributed by atoms with Crippen molar-refractivity contribution < 1.29 is 14.7 Å². The second kappa shape index (κ2) is 6.43. The standard InChI is InChI=1S/C11H21NO3/c1-5-6-9(11(14)15)12-10(13)8(4)7(2)3/h7-9H,5-6H2,1-4H3,(H,12,13)(H,14,15). The highest BCUT2D eigenvalue weighted by molar-refractivity contribution is 5.84. The number of hydrogen-bond acceptors (Lipinski definition) is 2. The van der Waals surface area contributed by atoms with Crippen LogP contribution in [0.5, 0.6) is 0 Å². The Morgan fingerprint density at radius 3 is 2.13 bits per heavy atom. The van der Waals surface area contributed by atoms with Crippen LogP contribution in [0.3, 0.4) is 0 Å². The fraction of sp³-hybridized carbons (Fsp3) is 0.818. The Bertz CT molecular complexity index is 226. The molecule has 4 heteroatoms. The summed E-state index contributed by atoms with van der Waals surface area (Å²) in [6, 6.07) is -0.747. The molecule has 0 saturated heterocycles. The molecule has 0 spiro atoms. The van der Waals surface area contributed by atoms with Gasteiger partial charge in [0, 0.05) is 5.92 Å². The third kappa shape index (κ3) is 4.81. The summed E-state index contributed by atoms with van der Waals surface area (Å²) < 4.78 is 0. The zero-order valence-corrected chi connectivity index (χ0v) is 9.91. The molecule has 0 aromatic heterocycles. The van der Waals surface area contributed by atoms with Crippen molar-refractivity contribution in [2.45, 2.75) is 46.6 Å². The lowest BCUT2D eigenvalue weighted by atomic mass is 9.96. The first-order chi connectivity index (χ1) is 6.90. The lowest BCUT2D eigenvalue weighted by Crippen LogP contribution is -2.43. The van der Waals surface area contributed by atoms with Gasteiger partial charge in [-0.3, -0.25) is 4.79 Å². The van der Waals surface area contributed by atoms with Gasteiger partial charge < -0.3 is 10.4 Å². The highest BCUT2D eigenvalue weighted by Gasteiger charge is 2.23. The van der Waals surface area contributed by atoms with Crippen molar-refractivity contribution in [1.82, 2.24) is 5.32 Å². The predicted octanol–water partition coefficient (Wildman–Crippen LogP) is 1.65. The molecule has 0 heterocycles. The van der Waals surface area contributed by atoms with E-state index in [0.717, 1.165) is 6.42 Å². The summed E-state index contributed by atoms with van der Waals surface area (Å²) in [7, 11) is 0. The predicted molar refractivity (Wildman–Crippen MR) is 58.5 cm³/mol. The smallest absolute Gasteiger partial charge is 0.326 e. The van der Waals surface area contributed by atoms with E-state index < -0.39 is 12.0 Å². The van der Waals surface area contributed by atoms with Gasteiger partial charge in [0.25, 0.3) is 0 Å². The number of amides is 1. The molecule has 0 aromatic carbocycles. The number of carboxylic acids is 1. The Morgan fingerprint density at radius 2 is 1.80 bits per heavy atom. The molecule has 0 saturated carbocycles. The van der Waals surface area contributed by atoms with Gasteiger partial charge in [0.2, 0.25) is 5.91 Å². The van der Waals surface area contributed by atoms with E-state index in [0.29, 0.717) is 6.42 Å². The third-order valence-corrected chi connectivity index (χ3v) is 2.61. The van der Waals surface area contributed by atoms with E-state index in [4.69, 9.17) is 5.11 Å². The molecular formula is C11H21NO3. The highest BCUT2D eigenvalue weighted by Crippen LogP contribution is 2.10. The number of carbonyl (C=O) groups excluding carboxylic acids is 1. The van der Waals surface area contributed by atoms with Crippen molar-refractivity contribution in [3.05, 3.63) is 0 Å². The molecule has 0 aliphatic carbocycles. The fourth-order valence-corrected chi connectivity index (χ4v) is 1.15. The summed E-state index contributed by atoms with van der Waals surface area (Å²) in [5.74, 6) is -1.06. The van der Waals surface area contributed by atoms with Gasteiger partial charge in [-0.15, -0.1) is 0 Å². The minimum absolute atomic E-state index is 0.149. The molecule has 15 heavy (non-hydrogen) atoms. The van der Waals surface area contributed by atoms with E-state index in [2.05, 4.69) is 5.32 Å². The molecule has 0 fully saturated rings. The van der Waals surface area contributed by atoms with Crippen LogP contribution < -0.4 is 5.32 Å². The Labute approximate surface area is 91.1 Å². The molecule has 88 valence electrons. The number of carbonyl (C=O) groups is 2. The minimum atomic E-state index is -0.957. The van der Waals surface area contributed by atoms with Gasteiger partial charge in [-0.2, -0.15) is 0 Å². The molecule has 0 radical (unpaired) electrons. The zero-order valence-electron chi connectivity index (χ0n) is 9.91. The molecule has 4 nitrogen and oxygen atoms in total. The van der Waals surface area contributed by atoms with Crippen molar-refractivity contribution >= 4 is 11.9 Å². The van der Waals surface area contributed by atoms with Crippen LogP contribution in [0.4, 0.5) is 0 Å². The summed E-state index contributed by atoms with van der Waals surface area (Å²) in [5, 5.41) is 11.4. The number of carboxylic acid groups (broad SMARTS) is 1. The molecular weight excluding hydrogens is 194 g/mol. The van der Waals surface area contributed by atoms with Gasteiger partial charge in [-0.1, -0.05) is 34.1 Å². The van der Waals surface area contributed by atoms with Crippen LogP contribution in [0.2, 0.25) is 0 Å². The van der Waals surface area contributed by atoms with Crippen LogP contribution in [0.15, 0.2) is 0 Å². The van der Waals surface area contributed by atoms with Gasteiger partial charge in [0.15, 0.2) is 0 Å². The monoisotopic (exact) mass is 215 g/mol. The maximum atomic E-state index is 11.6. The van der Waals surface area contributed by atoms with Crippen molar-refractivity contribution in [2.24, 2.45) is 11.8 Å². The SMILES string of the molecule is CCCC(NC(=O)C(C)C(C)C)C(=O)O. The average Bonchev–Trinajstić information content (AvgIpc) is 2.15. The van der Waals surface area contributed by atoms with Crippen LogP contribution in [0.1, 0.15) is 40.5 Å². The molecule has 0 rings (SSSR count). The largest absolute Gasteiger partial charge is 0.480 e. The van der Waals surface area contributed by atoms with Crippen molar-refractivity contribution in [1.29, 1.82) is 0 Å². The van der Waals surface area contributed by atoms with E-state index in [-0.39, 0.29) is 17.7 Å². The van der Waals surface area contributed by atoms with E-state index >= 15 is 0 Å². The van der Waals surface area contributed by atoms with Crippen LogP contribution in [0.25, 0.3) is 0 Å². The first-order valence-corrected chi connectivity index (χ1v) is 5.43. The Morgan fingerprint density at radius 1 is 1.27 bits per heavy atom. The lowest BCUT2D eigenvalue weighted by molar-refractivity contribution is -0.142. The maximum absolute atomic E-state index is 11.6. The van der Waals surface area contributed by atoms with Crippen LogP contribution >= 0.6 is 0 Å². The van der Waals surface area contributed by atoms with Gasteiger partial charge in [0.1, 0.15) is 6.04 Å². The second-order valence-corrected chi connectivity index (χ2v) is 4.22. The van der Waals surface area contributed by atoms with Gasteiger partial charge in [-0.25, -0.2) is 4.79 Å². The second-order valence-electron chi connectivity index (χ2n) is 4.22. The fourth-order valence-electron chi connectivity index (χ4n) is 1.15. The van der Waals surface area contributed by atoms with Crippen molar-refractivity contribution in [3.63, 3.8) is 0 Å². The minimum Gasteiger partial charge on any atom is -0.480 e. The Kier molecular flexibility index (Phi) is 5.97. The number of hydrogen-bond donors (Lipinski definition) is 2. The molecule has 0 aliphatic heterocycles. The van der Waals surface area contributed by atoms with Crippen LogP contribution in [0, 0.1) is 11.8 Å². The highest BCUT2D eigenvalue weighted by atomic mass is 16.4. The van der Waals surface area contributed by atoms with Crippen LogP contribution in [-0.4, -0.2) is 23.0 Å². The first-order valence-electron chi connectivity index (χ1n) is 5.43. The molecule has 0 aliphatic rings. The lowest BCUT2D eigenvalue weighted by Gasteiger charge is -2.19. The molecule has 0 aromatic rings. The Hall–Kier alpha value is -1.06. The molecule has 2 unspecified atom stereocenters. The van der Waals surface area contributed by atoms with Crippen LogP contribution in [-0.2, 0) is 9.59 Å². The summed E-state index contributed by atoms with van der Waals surface area (Å²) in [6.45, 7) is 7.60. The maximum Gasteiger partial charge on any atom is 0.326 e. The topological polar surface area (TPSA) is 66.4 Å². The number of rotatable bonds is 6. The van der Waals surface area contributed by atoms with E-state index in [1.165, 1.54) is 0 Å². The quantitative estimate of drug-likeness (QED) is 0.708. The molecule has 1 amide bonds. The summed E-state index contributed by atoms with van der Waals surface area (Å²) >= 11 is 0. The van der Waals surface area contributed by atoms with E-state index in [1.54, 1.807) is 0 Å². The van der Waals surface area contributed by atoms with E-state index in [9.17, 15) is 9.59 Å². The molecule has 2 atom stereocenters.